The molecule has 172 valence electrons. The summed E-state index contributed by atoms with van der Waals surface area (Å²) < 4.78 is 34.1. The largest absolute Gasteiger partial charge is 0.439 e. The van der Waals surface area contributed by atoms with E-state index in [1.54, 1.807) is 53.1 Å². The normalized spacial score (nSPS) is 11.5. The molecular weight excluding hydrogens is 488 g/mol. The van der Waals surface area contributed by atoms with Crippen molar-refractivity contribution in [3.05, 3.63) is 89.3 Å². The Hall–Kier alpha value is -3.31. The quantitative estimate of drug-likeness (QED) is 0.271. The number of aromatic amines is 1. The summed E-state index contributed by atoms with van der Waals surface area (Å²) in [5, 5.41) is 11.7. The highest BCUT2D eigenvalue weighted by atomic mass is 32.2. The van der Waals surface area contributed by atoms with Crippen molar-refractivity contribution in [3.8, 4) is 32.8 Å². The van der Waals surface area contributed by atoms with Gasteiger partial charge in [0.25, 0.3) is 0 Å². The molecule has 7 nitrogen and oxygen atoms in total. The third-order valence-corrected chi connectivity index (χ3v) is 8.29. The fourth-order valence-corrected chi connectivity index (χ4v) is 5.98. The van der Waals surface area contributed by atoms with Crippen LogP contribution in [0.3, 0.4) is 0 Å². The van der Waals surface area contributed by atoms with E-state index >= 15 is 0 Å². The van der Waals surface area contributed by atoms with Crippen LogP contribution in [0.15, 0.2) is 88.6 Å². The zero-order valence-corrected chi connectivity index (χ0v) is 20.3. The van der Waals surface area contributed by atoms with Crippen LogP contribution in [0, 0.1) is 0 Å². The van der Waals surface area contributed by atoms with Crippen molar-refractivity contribution in [1.29, 1.82) is 0 Å². The molecule has 0 saturated heterocycles. The summed E-state index contributed by atoms with van der Waals surface area (Å²) in [5.74, 6) is 0.955. The lowest BCUT2D eigenvalue weighted by Crippen LogP contribution is -2.26. The Balaban J connectivity index is 1.29. The Bertz CT molecular complexity index is 1390. The molecule has 0 saturated carbocycles. The number of benzene rings is 1. The van der Waals surface area contributed by atoms with Gasteiger partial charge in [0.05, 0.1) is 20.3 Å². The lowest BCUT2D eigenvalue weighted by atomic mass is 10.1. The summed E-state index contributed by atoms with van der Waals surface area (Å²) in [5.41, 5.74) is 2.77. The van der Waals surface area contributed by atoms with E-state index in [9.17, 15) is 8.42 Å². The van der Waals surface area contributed by atoms with Gasteiger partial charge in [-0.25, -0.2) is 18.1 Å². The number of hydrogen-bond donors (Lipinski definition) is 2. The fraction of sp³-hybridized carbons (Fsp3) is 0.0833. The van der Waals surface area contributed by atoms with Gasteiger partial charge in [0.1, 0.15) is 11.4 Å². The zero-order chi connectivity index (χ0) is 23.4. The van der Waals surface area contributed by atoms with Gasteiger partial charge >= 0.3 is 0 Å². The molecule has 0 aliphatic heterocycles. The van der Waals surface area contributed by atoms with Crippen molar-refractivity contribution in [2.75, 3.05) is 6.54 Å². The second-order valence-corrected chi connectivity index (χ2v) is 10.9. The topological polar surface area (TPSA) is 97.0 Å². The number of rotatable bonds is 9. The third-order valence-electron chi connectivity index (χ3n) is 5.05. The molecule has 0 aliphatic carbocycles. The van der Waals surface area contributed by atoms with E-state index in [2.05, 4.69) is 19.9 Å². The Labute approximate surface area is 205 Å². The van der Waals surface area contributed by atoms with Gasteiger partial charge in [-0.1, -0.05) is 18.2 Å². The van der Waals surface area contributed by atoms with Crippen LogP contribution in [0.1, 0.15) is 5.56 Å². The van der Waals surface area contributed by atoms with Gasteiger partial charge in [0, 0.05) is 24.4 Å². The predicted molar refractivity (Wildman–Crippen MR) is 135 cm³/mol. The minimum atomic E-state index is -3.68. The van der Waals surface area contributed by atoms with E-state index in [1.165, 1.54) is 12.1 Å². The number of aromatic nitrogens is 3. The molecule has 4 heterocycles. The molecule has 10 heteroatoms. The van der Waals surface area contributed by atoms with Crippen molar-refractivity contribution < 1.29 is 13.2 Å². The summed E-state index contributed by atoms with van der Waals surface area (Å²) >= 11 is 3.22. The molecule has 5 rings (SSSR count). The molecular formula is C24H20N4O3S3. The van der Waals surface area contributed by atoms with Crippen molar-refractivity contribution in [1.82, 2.24) is 19.9 Å². The molecule has 1 aromatic carbocycles. The van der Waals surface area contributed by atoms with Crippen LogP contribution in [-0.4, -0.2) is 30.1 Å². The summed E-state index contributed by atoms with van der Waals surface area (Å²) in [6.07, 6.45) is 2.13. The molecule has 0 atom stereocenters. The van der Waals surface area contributed by atoms with Gasteiger partial charge in [0.15, 0.2) is 0 Å². The van der Waals surface area contributed by atoms with Crippen molar-refractivity contribution >= 4 is 32.7 Å². The number of pyridine rings is 1. The third kappa shape index (κ3) is 4.95. The van der Waals surface area contributed by atoms with Gasteiger partial charge in [0.2, 0.25) is 15.9 Å². The van der Waals surface area contributed by atoms with Crippen LogP contribution in [0.2, 0.25) is 0 Å². The van der Waals surface area contributed by atoms with E-state index in [0.29, 0.717) is 18.1 Å². The number of hydrogen-bond acceptors (Lipinski definition) is 7. The standard InChI is InChI=1S/C24H20N4O3S3/c29-34(30,18-10-8-17(9-11-18)31-22-7-1-2-13-25-22)26-14-12-19-23(20-5-3-15-32-20)27-28-24(19)21-6-4-16-33-21/h1-11,13,15-16,26H,12,14H2,(H,27,28). The molecule has 34 heavy (non-hydrogen) atoms. The van der Waals surface area contributed by atoms with Crippen LogP contribution in [-0.2, 0) is 16.4 Å². The number of sulfonamides is 1. The monoisotopic (exact) mass is 508 g/mol. The van der Waals surface area contributed by atoms with Gasteiger partial charge in [-0.05, 0) is 59.6 Å². The summed E-state index contributed by atoms with van der Waals surface area (Å²) in [4.78, 5) is 6.38. The average Bonchev–Trinajstić information content (AvgIpc) is 3.61. The first-order valence-corrected chi connectivity index (χ1v) is 13.7. The number of thiophene rings is 2. The molecule has 4 aromatic heterocycles. The first-order chi connectivity index (χ1) is 16.6. The fourth-order valence-electron chi connectivity index (χ4n) is 3.46. The molecule has 0 amide bonds. The zero-order valence-electron chi connectivity index (χ0n) is 17.8. The van der Waals surface area contributed by atoms with Gasteiger partial charge in [-0.15, -0.1) is 22.7 Å². The lowest BCUT2D eigenvalue weighted by molar-refractivity contribution is 0.462. The van der Waals surface area contributed by atoms with Crippen molar-refractivity contribution in [2.45, 2.75) is 11.3 Å². The highest BCUT2D eigenvalue weighted by Gasteiger charge is 2.19. The average molecular weight is 509 g/mol. The molecule has 2 N–H and O–H groups in total. The van der Waals surface area contributed by atoms with Crippen LogP contribution < -0.4 is 9.46 Å². The Morgan fingerprint density at radius 3 is 2.35 bits per heavy atom. The van der Waals surface area contributed by atoms with Gasteiger partial charge in [-0.2, -0.15) is 5.10 Å². The number of nitrogens with zero attached hydrogens (tertiary/aromatic N) is 2. The van der Waals surface area contributed by atoms with E-state index in [0.717, 1.165) is 26.7 Å². The second kappa shape index (κ2) is 9.90. The smallest absolute Gasteiger partial charge is 0.240 e. The minimum absolute atomic E-state index is 0.171. The van der Waals surface area contributed by atoms with Gasteiger partial charge in [-0.3, -0.25) is 5.10 Å². The van der Waals surface area contributed by atoms with Crippen molar-refractivity contribution in [2.24, 2.45) is 0 Å². The van der Waals surface area contributed by atoms with Crippen LogP contribution >= 0.6 is 22.7 Å². The van der Waals surface area contributed by atoms with E-state index in [4.69, 9.17) is 4.74 Å². The molecule has 0 unspecified atom stereocenters. The van der Waals surface area contributed by atoms with E-state index < -0.39 is 10.0 Å². The highest BCUT2D eigenvalue weighted by molar-refractivity contribution is 7.89. The summed E-state index contributed by atoms with van der Waals surface area (Å²) in [6.45, 7) is 0.241. The highest BCUT2D eigenvalue weighted by Crippen LogP contribution is 2.34. The molecule has 0 radical (unpaired) electrons. The minimum Gasteiger partial charge on any atom is -0.439 e. The van der Waals surface area contributed by atoms with Gasteiger partial charge < -0.3 is 4.74 Å². The van der Waals surface area contributed by atoms with Crippen LogP contribution in [0.25, 0.3) is 21.1 Å². The SMILES string of the molecule is O=S(=O)(NCCc1c(-c2cccs2)n[nH]c1-c1cccs1)c1ccc(Oc2ccccn2)cc1. The maximum atomic E-state index is 12.9. The summed E-state index contributed by atoms with van der Waals surface area (Å²) in [7, 11) is -3.68. The van der Waals surface area contributed by atoms with Crippen LogP contribution in [0.4, 0.5) is 0 Å². The first kappa shape index (κ1) is 22.5. The maximum absolute atomic E-state index is 12.9. The number of ether oxygens (including phenoxy) is 1. The van der Waals surface area contributed by atoms with Crippen molar-refractivity contribution in [3.63, 3.8) is 0 Å². The number of nitrogens with one attached hydrogen (secondary N) is 2. The van der Waals surface area contributed by atoms with Crippen LogP contribution in [0.5, 0.6) is 11.6 Å². The molecule has 0 aliphatic rings. The van der Waals surface area contributed by atoms with E-state index in [1.807, 2.05) is 41.1 Å². The molecule has 5 aromatic rings. The Morgan fingerprint density at radius 1 is 0.912 bits per heavy atom. The molecule has 0 spiro atoms. The summed E-state index contributed by atoms with van der Waals surface area (Å²) in [6, 6.07) is 19.6. The first-order valence-electron chi connectivity index (χ1n) is 10.4. The predicted octanol–water partition coefficient (Wildman–Crippen LogP) is 5.58. The number of H-pyrrole nitrogens is 1. The maximum Gasteiger partial charge on any atom is 0.240 e. The second-order valence-electron chi connectivity index (χ2n) is 7.27. The molecule has 0 fully saturated rings. The Kier molecular flexibility index (Phi) is 6.54. The Morgan fingerprint density at radius 2 is 1.68 bits per heavy atom. The van der Waals surface area contributed by atoms with E-state index in [-0.39, 0.29) is 11.4 Å². The molecule has 0 bridgehead atoms. The lowest BCUT2D eigenvalue weighted by Gasteiger charge is -2.09.